The van der Waals surface area contributed by atoms with Crippen molar-refractivity contribution >= 4 is 14.4 Å². The van der Waals surface area contributed by atoms with E-state index in [-0.39, 0.29) is 8.81 Å². The summed E-state index contributed by atoms with van der Waals surface area (Å²) in [6, 6.07) is 20.2. The molecule has 0 radical (unpaired) electrons. The Labute approximate surface area is 97.3 Å². The first kappa shape index (κ1) is 11.1. The number of benzene rings is 2. The predicted molar refractivity (Wildman–Crippen MR) is 70.5 cm³/mol. The molecular weight excluding hydrogens is 215 g/mol. The van der Waals surface area contributed by atoms with E-state index in [9.17, 15) is 0 Å². The van der Waals surface area contributed by atoms with E-state index in [0.717, 1.165) is 16.7 Å². The highest BCUT2D eigenvalue weighted by Gasteiger charge is 2.02. The molecule has 2 heteroatoms. The van der Waals surface area contributed by atoms with Crippen LogP contribution in [-0.2, 0) is 0 Å². The van der Waals surface area contributed by atoms with E-state index in [1.54, 1.807) is 0 Å². The smallest absolute Gasteiger partial charge is 0.0352 e. The summed E-state index contributed by atoms with van der Waals surface area (Å²) in [6.07, 6.45) is 0. The molecule has 0 aliphatic rings. The zero-order valence-corrected chi connectivity index (χ0v) is 9.80. The second-order valence-corrected chi connectivity index (χ2v) is 3.97. The molecule has 0 fully saturated rings. The van der Waals surface area contributed by atoms with Crippen LogP contribution in [0.4, 0.5) is 0 Å². The predicted octanol–water partition coefficient (Wildman–Crippen LogP) is 3.66. The molecule has 2 rings (SSSR count). The molecule has 0 spiro atoms. The van der Waals surface area contributed by atoms with Gasteiger partial charge in [0.25, 0.3) is 0 Å². The van der Waals surface area contributed by atoms with E-state index >= 15 is 0 Å². The Balaban J connectivity index is 2.44. The summed E-state index contributed by atoms with van der Waals surface area (Å²) in [6.45, 7) is 0. The highest BCUT2D eigenvalue weighted by molar-refractivity contribution is 7.35. The minimum Gasteiger partial charge on any atom is -0.373 e. The first-order chi connectivity index (χ1) is 7.92. The summed E-state index contributed by atoms with van der Waals surface area (Å²) < 4.78 is 0. The molecule has 80 valence electrons. The molecule has 0 aromatic heterocycles. The Morgan fingerprint density at radius 2 is 1.25 bits per heavy atom. The van der Waals surface area contributed by atoms with E-state index in [4.69, 9.17) is 4.89 Å². The van der Waals surface area contributed by atoms with Gasteiger partial charge >= 0.3 is 0 Å². The lowest BCUT2D eigenvalue weighted by molar-refractivity contribution is 0.654. The second-order valence-electron chi connectivity index (χ2n) is 3.42. The van der Waals surface area contributed by atoms with Gasteiger partial charge < -0.3 is 4.89 Å². The fourth-order valence-electron chi connectivity index (χ4n) is 1.63. The molecule has 1 nitrogen and oxygen atoms in total. The van der Waals surface area contributed by atoms with Crippen molar-refractivity contribution < 1.29 is 4.89 Å². The second kappa shape index (κ2) is 5.60. The van der Waals surface area contributed by atoms with Gasteiger partial charge in [-0.25, -0.2) is 0 Å². The van der Waals surface area contributed by atoms with E-state index in [1.807, 2.05) is 42.2 Å². The number of hydrogen-bond acceptors (Lipinski definition) is 1. The summed E-state index contributed by atoms with van der Waals surface area (Å²) in [5, 5.41) is 0. The average molecular weight is 228 g/mol. The largest absolute Gasteiger partial charge is 0.373 e. The first-order valence-corrected chi connectivity index (χ1v) is 6.15. The van der Waals surface area contributed by atoms with Crippen molar-refractivity contribution in [3.63, 3.8) is 0 Å². The Kier molecular flexibility index (Phi) is 3.87. The fraction of sp³-hybridized carbons (Fsp3) is 0. The lowest BCUT2D eigenvalue weighted by Crippen LogP contribution is -1.85. The average Bonchev–Trinajstić information content (AvgIpc) is 2.38. The van der Waals surface area contributed by atoms with Gasteiger partial charge in [-0.2, -0.15) is 0 Å². The third-order valence-electron chi connectivity index (χ3n) is 2.38. The van der Waals surface area contributed by atoms with Crippen molar-refractivity contribution in [1.29, 1.82) is 0 Å². The maximum absolute atomic E-state index is 9.11. The molecule has 1 unspecified atom stereocenters. The maximum atomic E-state index is 9.11. The lowest BCUT2D eigenvalue weighted by Gasteiger charge is -2.07. The van der Waals surface area contributed by atoms with E-state index in [0.29, 0.717) is 0 Å². The summed E-state index contributed by atoms with van der Waals surface area (Å²) in [5.41, 5.74) is 3.35. The van der Waals surface area contributed by atoms with Crippen LogP contribution in [0.1, 0.15) is 11.1 Å². The van der Waals surface area contributed by atoms with Gasteiger partial charge in [0.1, 0.15) is 0 Å². The summed E-state index contributed by atoms with van der Waals surface area (Å²) in [5.74, 6) is 1.87. The highest BCUT2D eigenvalue weighted by atomic mass is 31.1. The third-order valence-corrected chi connectivity index (χ3v) is 2.80. The van der Waals surface area contributed by atoms with E-state index in [2.05, 4.69) is 24.3 Å². The van der Waals surface area contributed by atoms with Gasteiger partial charge in [-0.05, 0) is 22.5 Å². The highest BCUT2D eigenvalue weighted by Crippen LogP contribution is 2.26. The molecule has 2 aromatic rings. The van der Waals surface area contributed by atoms with Gasteiger partial charge in [0.15, 0.2) is 0 Å². The summed E-state index contributed by atoms with van der Waals surface area (Å²) in [7, 11) is -0.173. The van der Waals surface area contributed by atoms with Crippen LogP contribution in [0.15, 0.2) is 66.5 Å². The van der Waals surface area contributed by atoms with Crippen LogP contribution in [0, 0.1) is 0 Å². The molecule has 0 saturated heterocycles. The maximum Gasteiger partial charge on any atom is 0.0352 e. The van der Waals surface area contributed by atoms with Gasteiger partial charge in [0.05, 0.1) is 0 Å². The van der Waals surface area contributed by atoms with Gasteiger partial charge in [-0.1, -0.05) is 60.7 Å². The van der Waals surface area contributed by atoms with Crippen LogP contribution in [-0.4, -0.2) is 4.89 Å². The molecule has 1 atom stereocenters. The minimum atomic E-state index is -0.173. The summed E-state index contributed by atoms with van der Waals surface area (Å²) in [4.78, 5) is 9.11. The zero-order valence-electron chi connectivity index (χ0n) is 8.80. The molecule has 0 saturated carbocycles. The van der Waals surface area contributed by atoms with Gasteiger partial charge in [-0.15, -0.1) is 0 Å². The molecule has 0 bridgehead atoms. The van der Waals surface area contributed by atoms with Crippen molar-refractivity contribution in [1.82, 2.24) is 0 Å². The number of hydrogen-bond donors (Lipinski definition) is 1. The van der Waals surface area contributed by atoms with Crippen molar-refractivity contribution in [2.24, 2.45) is 0 Å². The van der Waals surface area contributed by atoms with Crippen molar-refractivity contribution in [3.05, 3.63) is 77.6 Å². The standard InChI is InChI=1S/C14H13OP/c15-16-11-14(12-7-3-1-4-8-12)13-9-5-2-6-10-13/h1-11,15-16H. The van der Waals surface area contributed by atoms with E-state index < -0.39 is 0 Å². The minimum absolute atomic E-state index is 0.173. The monoisotopic (exact) mass is 228 g/mol. The molecular formula is C14H13OP. The van der Waals surface area contributed by atoms with Crippen LogP contribution >= 0.6 is 8.81 Å². The molecule has 0 heterocycles. The first-order valence-electron chi connectivity index (χ1n) is 5.12. The topological polar surface area (TPSA) is 20.2 Å². The molecule has 2 aromatic carbocycles. The van der Waals surface area contributed by atoms with Crippen molar-refractivity contribution in [2.75, 3.05) is 0 Å². The van der Waals surface area contributed by atoms with Crippen LogP contribution in [0.3, 0.4) is 0 Å². The zero-order chi connectivity index (χ0) is 11.2. The molecule has 1 N–H and O–H groups in total. The number of rotatable bonds is 3. The Morgan fingerprint density at radius 3 is 1.62 bits per heavy atom. The van der Waals surface area contributed by atoms with Crippen molar-refractivity contribution in [2.45, 2.75) is 0 Å². The summed E-state index contributed by atoms with van der Waals surface area (Å²) >= 11 is 0. The SMILES string of the molecule is OPC=C(c1ccccc1)c1ccccc1. The van der Waals surface area contributed by atoms with Gasteiger partial charge in [-0.3, -0.25) is 0 Å². The van der Waals surface area contributed by atoms with E-state index in [1.165, 1.54) is 0 Å². The Morgan fingerprint density at radius 1 is 0.812 bits per heavy atom. The Hall–Kier alpha value is -1.43. The molecule has 16 heavy (non-hydrogen) atoms. The molecule has 0 amide bonds. The van der Waals surface area contributed by atoms with Crippen molar-refractivity contribution in [3.8, 4) is 0 Å². The molecule has 0 aliphatic carbocycles. The van der Waals surface area contributed by atoms with Crippen LogP contribution in [0.5, 0.6) is 0 Å². The van der Waals surface area contributed by atoms with Crippen LogP contribution in [0.25, 0.3) is 5.57 Å². The lowest BCUT2D eigenvalue weighted by atomic mass is 10.00. The molecule has 0 aliphatic heterocycles. The van der Waals surface area contributed by atoms with Gasteiger partial charge in [0.2, 0.25) is 0 Å². The van der Waals surface area contributed by atoms with Crippen LogP contribution in [0.2, 0.25) is 0 Å². The van der Waals surface area contributed by atoms with Crippen LogP contribution < -0.4 is 0 Å². The quantitative estimate of drug-likeness (QED) is 0.795. The Bertz CT molecular complexity index is 421. The normalized spacial score (nSPS) is 10.6. The third kappa shape index (κ3) is 2.57. The van der Waals surface area contributed by atoms with Gasteiger partial charge in [0, 0.05) is 8.81 Å². The fourth-order valence-corrected chi connectivity index (χ4v) is 2.10.